The number of anilines is 1. The number of rotatable bonds is 7. The molecule has 116 valence electrons. The average molecular weight is 310 g/mol. The lowest BCUT2D eigenvalue weighted by molar-refractivity contribution is 0.0952. The van der Waals surface area contributed by atoms with Gasteiger partial charge in [0.25, 0.3) is 5.91 Å². The molecular weight excluding hydrogens is 286 g/mol. The minimum atomic E-state index is -0.118. The Morgan fingerprint density at radius 2 is 2.19 bits per heavy atom. The predicted molar refractivity (Wildman–Crippen MR) is 86.9 cm³/mol. The van der Waals surface area contributed by atoms with Gasteiger partial charge in [-0.3, -0.25) is 4.79 Å². The van der Waals surface area contributed by atoms with Crippen LogP contribution >= 0.6 is 11.6 Å². The van der Waals surface area contributed by atoms with E-state index in [9.17, 15) is 4.79 Å². The molecule has 0 bridgehead atoms. The van der Waals surface area contributed by atoms with Crippen LogP contribution in [0.2, 0.25) is 5.02 Å². The Bertz CT molecular complexity index is 473. The van der Waals surface area contributed by atoms with E-state index in [-0.39, 0.29) is 5.91 Å². The third kappa shape index (κ3) is 4.88. The van der Waals surface area contributed by atoms with Crippen molar-refractivity contribution in [3.05, 3.63) is 22.8 Å². The Kier molecular flexibility index (Phi) is 6.30. The highest BCUT2D eigenvalue weighted by molar-refractivity contribution is 6.33. The zero-order chi connectivity index (χ0) is 15.1. The summed E-state index contributed by atoms with van der Waals surface area (Å²) in [4.78, 5) is 16.3. The van der Waals surface area contributed by atoms with Crippen molar-refractivity contribution in [1.29, 1.82) is 0 Å². The van der Waals surface area contributed by atoms with E-state index in [1.54, 1.807) is 6.07 Å². The summed E-state index contributed by atoms with van der Waals surface area (Å²) in [5.74, 6) is 1.43. The Morgan fingerprint density at radius 1 is 1.43 bits per heavy atom. The van der Waals surface area contributed by atoms with Crippen molar-refractivity contribution in [1.82, 2.24) is 10.3 Å². The van der Waals surface area contributed by atoms with Crippen LogP contribution in [0.25, 0.3) is 0 Å². The van der Waals surface area contributed by atoms with Crippen LogP contribution in [0.4, 0.5) is 5.82 Å². The molecule has 5 heteroatoms. The topological polar surface area (TPSA) is 54.0 Å². The molecule has 1 heterocycles. The van der Waals surface area contributed by atoms with Gasteiger partial charge < -0.3 is 10.6 Å². The summed E-state index contributed by atoms with van der Waals surface area (Å²) in [7, 11) is 0. The van der Waals surface area contributed by atoms with Gasteiger partial charge in [-0.25, -0.2) is 4.98 Å². The van der Waals surface area contributed by atoms with Crippen LogP contribution < -0.4 is 10.6 Å². The number of nitrogens with zero attached hydrogens (tertiary/aromatic N) is 1. The number of amides is 1. The van der Waals surface area contributed by atoms with Crippen LogP contribution in [0, 0.1) is 5.92 Å². The van der Waals surface area contributed by atoms with Gasteiger partial charge in [0, 0.05) is 19.3 Å². The van der Waals surface area contributed by atoms with Gasteiger partial charge in [-0.2, -0.15) is 0 Å². The number of pyridine rings is 1. The standard InChI is InChI=1S/C16H24ClN3O/c1-2-18-15-10-13(14(17)11-20-15)16(21)19-9-5-8-12-6-3-4-7-12/h10-12H,2-9H2,1H3,(H,18,20)(H,19,21). The fourth-order valence-corrected chi connectivity index (χ4v) is 3.07. The van der Waals surface area contributed by atoms with Gasteiger partial charge in [0.15, 0.2) is 0 Å². The van der Waals surface area contributed by atoms with Crippen molar-refractivity contribution in [2.24, 2.45) is 5.92 Å². The zero-order valence-electron chi connectivity index (χ0n) is 12.6. The van der Waals surface area contributed by atoms with Crippen LogP contribution in [0.1, 0.15) is 55.8 Å². The Morgan fingerprint density at radius 3 is 2.90 bits per heavy atom. The molecule has 0 atom stereocenters. The summed E-state index contributed by atoms with van der Waals surface area (Å²) in [6, 6.07) is 1.71. The first-order valence-electron chi connectivity index (χ1n) is 7.88. The molecule has 1 aromatic heterocycles. The summed E-state index contributed by atoms with van der Waals surface area (Å²) in [5.41, 5.74) is 0.489. The molecule has 1 saturated carbocycles. The van der Waals surface area contributed by atoms with Crippen molar-refractivity contribution >= 4 is 23.3 Å². The van der Waals surface area contributed by atoms with Crippen LogP contribution in [-0.2, 0) is 0 Å². The van der Waals surface area contributed by atoms with Gasteiger partial charge in [0.2, 0.25) is 0 Å². The molecule has 0 unspecified atom stereocenters. The molecule has 21 heavy (non-hydrogen) atoms. The fourth-order valence-electron chi connectivity index (χ4n) is 2.88. The van der Waals surface area contributed by atoms with Gasteiger partial charge >= 0.3 is 0 Å². The maximum absolute atomic E-state index is 12.2. The van der Waals surface area contributed by atoms with Crippen LogP contribution in [-0.4, -0.2) is 24.0 Å². The molecular formula is C16H24ClN3O. The second-order valence-corrected chi connectivity index (χ2v) is 6.04. The summed E-state index contributed by atoms with van der Waals surface area (Å²) in [6.07, 6.45) is 9.24. The van der Waals surface area contributed by atoms with Gasteiger partial charge in [0.05, 0.1) is 10.6 Å². The monoisotopic (exact) mass is 309 g/mol. The Labute approximate surface area is 131 Å². The van der Waals surface area contributed by atoms with Crippen LogP contribution in [0.3, 0.4) is 0 Å². The number of hydrogen-bond donors (Lipinski definition) is 2. The Balaban J connectivity index is 1.80. The average Bonchev–Trinajstić information content (AvgIpc) is 2.99. The molecule has 2 N–H and O–H groups in total. The zero-order valence-corrected chi connectivity index (χ0v) is 13.4. The van der Waals surface area contributed by atoms with E-state index in [0.717, 1.165) is 18.9 Å². The first-order chi connectivity index (χ1) is 10.2. The van der Waals surface area contributed by atoms with Crippen LogP contribution in [0.5, 0.6) is 0 Å². The van der Waals surface area contributed by atoms with Gasteiger partial charge in [-0.05, 0) is 31.7 Å². The molecule has 1 aromatic rings. The molecule has 4 nitrogen and oxygen atoms in total. The van der Waals surface area contributed by atoms with E-state index >= 15 is 0 Å². The van der Waals surface area contributed by atoms with Crippen molar-refractivity contribution in [2.75, 3.05) is 18.4 Å². The maximum Gasteiger partial charge on any atom is 0.252 e. The molecule has 2 rings (SSSR count). The highest BCUT2D eigenvalue weighted by atomic mass is 35.5. The minimum Gasteiger partial charge on any atom is -0.370 e. The number of carbonyl (C=O) groups excluding carboxylic acids is 1. The molecule has 1 amide bonds. The molecule has 1 aliphatic carbocycles. The summed E-state index contributed by atoms with van der Waals surface area (Å²) in [6.45, 7) is 3.46. The second kappa shape index (κ2) is 8.23. The summed E-state index contributed by atoms with van der Waals surface area (Å²) in [5, 5.41) is 6.43. The van der Waals surface area contributed by atoms with E-state index in [2.05, 4.69) is 15.6 Å². The summed E-state index contributed by atoms with van der Waals surface area (Å²) >= 11 is 6.06. The van der Waals surface area contributed by atoms with E-state index in [4.69, 9.17) is 11.6 Å². The number of hydrogen-bond acceptors (Lipinski definition) is 3. The summed E-state index contributed by atoms with van der Waals surface area (Å²) < 4.78 is 0. The second-order valence-electron chi connectivity index (χ2n) is 5.63. The lowest BCUT2D eigenvalue weighted by Gasteiger charge is -2.11. The third-order valence-corrected chi connectivity index (χ3v) is 4.31. The molecule has 0 aromatic carbocycles. The van der Waals surface area contributed by atoms with Crippen molar-refractivity contribution in [3.63, 3.8) is 0 Å². The molecule has 0 radical (unpaired) electrons. The minimum absolute atomic E-state index is 0.118. The SMILES string of the molecule is CCNc1cc(C(=O)NCCCC2CCCC2)c(Cl)cn1. The number of nitrogens with one attached hydrogen (secondary N) is 2. The van der Waals surface area contributed by atoms with Gasteiger partial charge in [0.1, 0.15) is 5.82 Å². The largest absolute Gasteiger partial charge is 0.370 e. The van der Waals surface area contributed by atoms with Crippen molar-refractivity contribution in [2.45, 2.75) is 45.4 Å². The molecule has 0 aliphatic heterocycles. The number of carbonyl (C=O) groups is 1. The lowest BCUT2D eigenvalue weighted by Crippen LogP contribution is -2.25. The Hall–Kier alpha value is -1.29. The quantitative estimate of drug-likeness (QED) is 0.752. The van der Waals surface area contributed by atoms with Crippen LogP contribution in [0.15, 0.2) is 12.3 Å². The number of halogens is 1. The normalized spacial score (nSPS) is 15.1. The number of aromatic nitrogens is 1. The first-order valence-corrected chi connectivity index (χ1v) is 8.26. The highest BCUT2D eigenvalue weighted by Crippen LogP contribution is 2.28. The third-order valence-electron chi connectivity index (χ3n) is 4.01. The van der Waals surface area contributed by atoms with E-state index in [1.807, 2.05) is 6.92 Å². The molecule has 0 saturated heterocycles. The van der Waals surface area contributed by atoms with E-state index in [1.165, 1.54) is 38.3 Å². The smallest absolute Gasteiger partial charge is 0.252 e. The van der Waals surface area contributed by atoms with Crippen molar-refractivity contribution < 1.29 is 4.79 Å². The van der Waals surface area contributed by atoms with Gasteiger partial charge in [-0.1, -0.05) is 37.3 Å². The lowest BCUT2D eigenvalue weighted by atomic mass is 10.0. The first kappa shape index (κ1) is 16.1. The predicted octanol–water partition coefficient (Wildman–Crippen LogP) is 3.87. The van der Waals surface area contributed by atoms with Crippen molar-refractivity contribution in [3.8, 4) is 0 Å². The molecule has 1 aliphatic rings. The molecule has 0 spiro atoms. The molecule has 1 fully saturated rings. The fraction of sp³-hybridized carbons (Fsp3) is 0.625. The van der Waals surface area contributed by atoms with E-state index < -0.39 is 0 Å². The van der Waals surface area contributed by atoms with Gasteiger partial charge in [-0.15, -0.1) is 0 Å². The van der Waals surface area contributed by atoms with E-state index in [0.29, 0.717) is 22.9 Å². The highest BCUT2D eigenvalue weighted by Gasteiger charge is 2.15. The maximum atomic E-state index is 12.2.